The monoisotopic (exact) mass is 434 g/mol. The first-order chi connectivity index (χ1) is 15.6. The van der Waals surface area contributed by atoms with E-state index in [0.29, 0.717) is 31.2 Å². The van der Waals surface area contributed by atoms with Crippen molar-refractivity contribution in [1.29, 1.82) is 5.26 Å². The van der Waals surface area contributed by atoms with Crippen molar-refractivity contribution in [3.05, 3.63) is 41.1 Å². The van der Waals surface area contributed by atoms with Gasteiger partial charge in [-0.15, -0.1) is 0 Å². The zero-order chi connectivity index (χ0) is 22.1. The third-order valence-electron chi connectivity index (χ3n) is 5.95. The van der Waals surface area contributed by atoms with E-state index in [9.17, 15) is 14.9 Å². The second-order valence-electron chi connectivity index (χ2n) is 8.16. The summed E-state index contributed by atoms with van der Waals surface area (Å²) < 4.78 is 10.7. The van der Waals surface area contributed by atoms with Gasteiger partial charge in [-0.2, -0.15) is 10.2 Å². The molecule has 1 fully saturated rings. The van der Waals surface area contributed by atoms with Gasteiger partial charge in [0.2, 0.25) is 5.95 Å². The predicted molar refractivity (Wildman–Crippen MR) is 113 cm³/mol. The molecule has 2 atom stereocenters. The van der Waals surface area contributed by atoms with Gasteiger partial charge in [0.25, 0.3) is 5.91 Å². The summed E-state index contributed by atoms with van der Waals surface area (Å²) in [5.74, 6) is 0.957. The SMILES string of the molecule is N#Cc1cccc2c1CC(CNCCC1CN(c3ncc4c(n3)NC(=O)CO4)C(=O)O1)C2. The van der Waals surface area contributed by atoms with Gasteiger partial charge in [-0.25, -0.2) is 14.7 Å². The number of rotatable bonds is 6. The Bertz CT molecular complexity index is 1110. The van der Waals surface area contributed by atoms with Crippen LogP contribution in [0.5, 0.6) is 5.75 Å². The van der Waals surface area contributed by atoms with E-state index in [1.807, 2.05) is 12.1 Å². The Hall–Kier alpha value is -3.71. The molecule has 1 aliphatic carbocycles. The maximum absolute atomic E-state index is 12.3. The van der Waals surface area contributed by atoms with E-state index in [1.54, 1.807) is 0 Å². The molecular weight excluding hydrogens is 412 g/mol. The molecule has 3 heterocycles. The molecule has 0 radical (unpaired) electrons. The molecule has 1 saturated heterocycles. The number of nitriles is 1. The minimum absolute atomic E-state index is 0.0804. The molecule has 32 heavy (non-hydrogen) atoms. The number of amides is 2. The van der Waals surface area contributed by atoms with Crippen molar-refractivity contribution in [2.45, 2.75) is 25.4 Å². The molecule has 10 heteroatoms. The van der Waals surface area contributed by atoms with E-state index in [1.165, 1.54) is 22.2 Å². The number of carbonyl (C=O) groups excluding carboxylic acids is 2. The molecule has 0 spiro atoms. The molecule has 2 aliphatic heterocycles. The van der Waals surface area contributed by atoms with Gasteiger partial charge in [-0.3, -0.25) is 4.79 Å². The highest BCUT2D eigenvalue weighted by Gasteiger charge is 2.34. The maximum atomic E-state index is 12.3. The summed E-state index contributed by atoms with van der Waals surface area (Å²) in [5, 5.41) is 15.3. The molecule has 164 valence electrons. The van der Waals surface area contributed by atoms with Crippen LogP contribution in [-0.2, 0) is 22.4 Å². The van der Waals surface area contributed by atoms with Crippen LogP contribution in [0.1, 0.15) is 23.1 Å². The molecule has 2 unspecified atom stereocenters. The van der Waals surface area contributed by atoms with Gasteiger partial charge in [0, 0.05) is 0 Å². The predicted octanol–water partition coefficient (Wildman–Crippen LogP) is 1.40. The van der Waals surface area contributed by atoms with Gasteiger partial charge >= 0.3 is 6.09 Å². The Labute approximate surface area is 184 Å². The number of carbonyl (C=O) groups is 2. The Kier molecular flexibility index (Phi) is 5.33. The Balaban J connectivity index is 1.10. The van der Waals surface area contributed by atoms with E-state index in [2.05, 4.69) is 32.7 Å². The number of hydrogen-bond acceptors (Lipinski definition) is 8. The van der Waals surface area contributed by atoms with Crippen LogP contribution in [0, 0.1) is 17.2 Å². The summed E-state index contributed by atoms with van der Waals surface area (Å²) in [6.45, 7) is 1.81. The van der Waals surface area contributed by atoms with Crippen molar-refractivity contribution in [3.63, 3.8) is 0 Å². The third-order valence-corrected chi connectivity index (χ3v) is 5.95. The van der Waals surface area contributed by atoms with Crippen LogP contribution in [-0.4, -0.2) is 54.3 Å². The molecular formula is C22H22N6O4. The van der Waals surface area contributed by atoms with E-state index in [4.69, 9.17) is 9.47 Å². The molecule has 2 aromatic rings. The highest BCUT2D eigenvalue weighted by atomic mass is 16.6. The summed E-state index contributed by atoms with van der Waals surface area (Å²) in [6, 6.07) is 8.20. The molecule has 1 aromatic carbocycles. The van der Waals surface area contributed by atoms with Crippen molar-refractivity contribution in [2.75, 3.05) is 36.5 Å². The summed E-state index contributed by atoms with van der Waals surface area (Å²) in [5.41, 5.74) is 3.22. The van der Waals surface area contributed by atoms with Gasteiger partial charge in [-0.1, -0.05) is 12.1 Å². The number of benzene rings is 1. The Morgan fingerprint density at radius 2 is 2.22 bits per heavy atom. The highest BCUT2D eigenvalue weighted by molar-refractivity contribution is 5.94. The fraction of sp³-hybridized carbons (Fsp3) is 0.409. The van der Waals surface area contributed by atoms with Crippen LogP contribution in [0.4, 0.5) is 16.6 Å². The van der Waals surface area contributed by atoms with Crippen LogP contribution in [0.25, 0.3) is 0 Å². The third kappa shape index (κ3) is 3.94. The molecule has 1 aromatic heterocycles. The lowest BCUT2D eigenvalue weighted by Crippen LogP contribution is -2.30. The molecule has 5 rings (SSSR count). The number of aromatic nitrogens is 2. The Morgan fingerprint density at radius 1 is 1.31 bits per heavy atom. The van der Waals surface area contributed by atoms with Crippen LogP contribution < -0.4 is 20.3 Å². The number of cyclic esters (lactones) is 1. The summed E-state index contributed by atoms with van der Waals surface area (Å²) in [4.78, 5) is 33.6. The van der Waals surface area contributed by atoms with Gasteiger partial charge in [0.1, 0.15) is 6.10 Å². The maximum Gasteiger partial charge on any atom is 0.417 e. The lowest BCUT2D eigenvalue weighted by Gasteiger charge is -2.18. The molecule has 3 aliphatic rings. The highest BCUT2D eigenvalue weighted by Crippen LogP contribution is 2.30. The molecule has 0 saturated carbocycles. The topological polar surface area (TPSA) is 129 Å². The largest absolute Gasteiger partial charge is 0.478 e. The zero-order valence-corrected chi connectivity index (χ0v) is 17.3. The first-order valence-corrected chi connectivity index (χ1v) is 10.6. The quantitative estimate of drug-likeness (QED) is 0.653. The van der Waals surface area contributed by atoms with E-state index in [-0.39, 0.29) is 30.4 Å². The number of nitrogens with zero attached hydrogens (tertiary/aromatic N) is 4. The van der Waals surface area contributed by atoms with Crippen LogP contribution in [0.3, 0.4) is 0 Å². The van der Waals surface area contributed by atoms with Crippen LogP contribution >= 0.6 is 0 Å². The summed E-state index contributed by atoms with van der Waals surface area (Å²) in [7, 11) is 0. The van der Waals surface area contributed by atoms with Crippen molar-refractivity contribution >= 4 is 23.8 Å². The van der Waals surface area contributed by atoms with Crippen molar-refractivity contribution in [3.8, 4) is 11.8 Å². The van der Waals surface area contributed by atoms with Crippen LogP contribution in [0.15, 0.2) is 24.4 Å². The summed E-state index contributed by atoms with van der Waals surface area (Å²) in [6.07, 6.45) is 3.21. The van der Waals surface area contributed by atoms with E-state index < -0.39 is 6.09 Å². The molecule has 10 nitrogen and oxygen atoms in total. The first kappa shape index (κ1) is 20.2. The molecule has 0 bridgehead atoms. The minimum Gasteiger partial charge on any atom is -0.478 e. The number of hydrogen-bond donors (Lipinski definition) is 2. The standard InChI is InChI=1S/C22H22N6O4/c23-8-15-3-1-2-14-6-13(7-17(14)15)9-24-5-4-16-11-28(22(30)32-16)21-25-10-18-20(27-21)26-19(29)12-31-18/h1-3,10,13,16,24H,4-7,9,11-12H2,(H,25,26,27,29). The molecule has 2 amide bonds. The lowest BCUT2D eigenvalue weighted by molar-refractivity contribution is -0.118. The normalized spacial score (nSPS) is 21.3. The van der Waals surface area contributed by atoms with Gasteiger partial charge in [0.15, 0.2) is 18.2 Å². The smallest absolute Gasteiger partial charge is 0.417 e. The van der Waals surface area contributed by atoms with E-state index >= 15 is 0 Å². The average molecular weight is 434 g/mol. The van der Waals surface area contributed by atoms with Crippen molar-refractivity contribution in [2.24, 2.45) is 5.92 Å². The van der Waals surface area contributed by atoms with Gasteiger partial charge < -0.3 is 20.1 Å². The van der Waals surface area contributed by atoms with Gasteiger partial charge in [-0.05, 0) is 55.5 Å². The second kappa shape index (κ2) is 8.43. The summed E-state index contributed by atoms with van der Waals surface area (Å²) >= 11 is 0. The fourth-order valence-corrected chi connectivity index (χ4v) is 4.39. The van der Waals surface area contributed by atoms with Crippen molar-refractivity contribution < 1.29 is 19.1 Å². The van der Waals surface area contributed by atoms with Gasteiger partial charge in [0.05, 0.1) is 24.4 Å². The average Bonchev–Trinajstić information content (AvgIpc) is 3.38. The number of anilines is 2. The van der Waals surface area contributed by atoms with Crippen LogP contribution in [0.2, 0.25) is 0 Å². The number of nitrogens with one attached hydrogen (secondary N) is 2. The van der Waals surface area contributed by atoms with E-state index in [0.717, 1.165) is 24.9 Å². The van der Waals surface area contributed by atoms with Crippen molar-refractivity contribution in [1.82, 2.24) is 15.3 Å². The zero-order valence-electron chi connectivity index (χ0n) is 17.3. The molecule has 2 N–H and O–H groups in total. The first-order valence-electron chi connectivity index (χ1n) is 10.6. The number of ether oxygens (including phenoxy) is 2. The fourth-order valence-electron chi connectivity index (χ4n) is 4.39. The second-order valence-corrected chi connectivity index (χ2v) is 8.16. The Morgan fingerprint density at radius 3 is 3.09 bits per heavy atom. The minimum atomic E-state index is -0.506. The lowest BCUT2D eigenvalue weighted by atomic mass is 10.0. The number of fused-ring (bicyclic) bond motifs is 2.